The predicted molar refractivity (Wildman–Crippen MR) is 76.6 cm³/mol. The number of nitrogens with zero attached hydrogens (tertiary/aromatic N) is 3. The molecule has 0 unspecified atom stereocenters. The number of halogens is 2. The van der Waals surface area contributed by atoms with Gasteiger partial charge < -0.3 is 15.2 Å². The van der Waals surface area contributed by atoms with Gasteiger partial charge in [0.1, 0.15) is 5.75 Å². The normalized spacial score (nSPS) is 10.3. The molecular weight excluding hydrogens is 303 g/mol. The lowest BCUT2D eigenvalue weighted by Crippen LogP contribution is -2.05. The molecule has 0 fully saturated rings. The average Bonchev–Trinajstić information content (AvgIpc) is 2.39. The Kier molecular flexibility index (Phi) is 4.81. The van der Waals surface area contributed by atoms with Crippen LogP contribution >= 0.6 is 23.2 Å². The van der Waals surface area contributed by atoms with Crippen LogP contribution in [0.5, 0.6) is 17.8 Å². The van der Waals surface area contributed by atoms with E-state index in [-0.39, 0.29) is 18.0 Å². The summed E-state index contributed by atoms with van der Waals surface area (Å²) in [4.78, 5) is 11.7. The van der Waals surface area contributed by atoms with Crippen molar-refractivity contribution >= 4 is 29.2 Å². The quantitative estimate of drug-likeness (QED) is 0.911. The third-order valence-corrected chi connectivity index (χ3v) is 2.67. The molecule has 1 aromatic heterocycles. The zero-order valence-corrected chi connectivity index (χ0v) is 12.1. The molecule has 0 aliphatic rings. The number of nitrogens with two attached hydrogens (primary N) is 1. The van der Waals surface area contributed by atoms with Crippen LogP contribution in [0.4, 0.5) is 5.95 Å². The van der Waals surface area contributed by atoms with E-state index in [0.717, 1.165) is 6.42 Å². The van der Waals surface area contributed by atoms with Gasteiger partial charge in [-0.15, -0.1) is 4.98 Å². The fourth-order valence-electron chi connectivity index (χ4n) is 1.31. The van der Waals surface area contributed by atoms with Crippen LogP contribution < -0.4 is 15.2 Å². The first-order valence-electron chi connectivity index (χ1n) is 5.85. The maximum atomic E-state index is 6.00. The maximum absolute atomic E-state index is 6.00. The fourth-order valence-corrected chi connectivity index (χ4v) is 1.76. The first-order valence-corrected chi connectivity index (χ1v) is 6.61. The van der Waals surface area contributed by atoms with Crippen molar-refractivity contribution in [2.75, 3.05) is 12.3 Å². The topological polar surface area (TPSA) is 83.2 Å². The third-order valence-electron chi connectivity index (χ3n) is 2.14. The number of rotatable bonds is 5. The van der Waals surface area contributed by atoms with Crippen LogP contribution in [0, 0.1) is 0 Å². The van der Waals surface area contributed by atoms with Crippen molar-refractivity contribution in [3.05, 3.63) is 28.2 Å². The molecule has 0 bridgehead atoms. The van der Waals surface area contributed by atoms with E-state index >= 15 is 0 Å². The summed E-state index contributed by atoms with van der Waals surface area (Å²) in [5.74, 6) is 0.370. The van der Waals surface area contributed by atoms with Gasteiger partial charge in [-0.1, -0.05) is 30.1 Å². The van der Waals surface area contributed by atoms with E-state index < -0.39 is 0 Å². The van der Waals surface area contributed by atoms with Gasteiger partial charge in [-0.25, -0.2) is 0 Å². The van der Waals surface area contributed by atoms with Crippen LogP contribution in [-0.4, -0.2) is 21.6 Å². The summed E-state index contributed by atoms with van der Waals surface area (Å²) in [5, 5.41) is 0.844. The highest BCUT2D eigenvalue weighted by Gasteiger charge is 2.10. The summed E-state index contributed by atoms with van der Waals surface area (Å²) >= 11 is 11.8. The number of anilines is 1. The Morgan fingerprint density at radius 1 is 1.15 bits per heavy atom. The van der Waals surface area contributed by atoms with E-state index in [9.17, 15) is 0 Å². The van der Waals surface area contributed by atoms with Gasteiger partial charge in [-0.3, -0.25) is 0 Å². The second-order valence-electron chi connectivity index (χ2n) is 3.78. The Labute approximate surface area is 125 Å². The number of hydrogen-bond donors (Lipinski definition) is 1. The molecule has 0 spiro atoms. The Bertz CT molecular complexity index is 610. The summed E-state index contributed by atoms with van der Waals surface area (Å²) in [6.07, 6.45) is 0.824. The molecule has 0 aliphatic heterocycles. The molecule has 6 nitrogen and oxygen atoms in total. The van der Waals surface area contributed by atoms with Crippen molar-refractivity contribution in [3.8, 4) is 17.8 Å². The predicted octanol–water partition coefficient (Wildman–Crippen LogP) is 3.34. The zero-order valence-electron chi connectivity index (χ0n) is 10.6. The zero-order chi connectivity index (χ0) is 14.5. The molecule has 0 atom stereocenters. The first-order chi connectivity index (χ1) is 9.58. The molecule has 106 valence electrons. The van der Waals surface area contributed by atoms with Crippen LogP contribution in [0.2, 0.25) is 10.0 Å². The van der Waals surface area contributed by atoms with Gasteiger partial charge in [0.15, 0.2) is 0 Å². The molecule has 20 heavy (non-hydrogen) atoms. The first kappa shape index (κ1) is 14.6. The van der Waals surface area contributed by atoms with Gasteiger partial charge in [0.05, 0.1) is 11.6 Å². The molecule has 0 saturated carbocycles. The Hall–Kier alpha value is -1.79. The van der Waals surface area contributed by atoms with Crippen LogP contribution in [0.1, 0.15) is 13.3 Å². The van der Waals surface area contributed by atoms with Crippen LogP contribution in [-0.2, 0) is 0 Å². The summed E-state index contributed by atoms with van der Waals surface area (Å²) in [6, 6.07) is 4.92. The van der Waals surface area contributed by atoms with E-state index in [0.29, 0.717) is 22.4 Å². The minimum Gasteiger partial charge on any atom is -0.463 e. The molecule has 2 aromatic rings. The van der Waals surface area contributed by atoms with E-state index in [1.54, 1.807) is 18.2 Å². The van der Waals surface area contributed by atoms with Gasteiger partial charge in [0.2, 0.25) is 5.95 Å². The molecule has 2 rings (SSSR count). The lowest BCUT2D eigenvalue weighted by molar-refractivity contribution is 0.285. The molecule has 1 aromatic carbocycles. The maximum Gasteiger partial charge on any atom is 0.330 e. The molecule has 8 heteroatoms. The molecule has 0 radical (unpaired) electrons. The minimum atomic E-state index is 0.00573. The van der Waals surface area contributed by atoms with Crippen molar-refractivity contribution < 1.29 is 9.47 Å². The van der Waals surface area contributed by atoms with Crippen molar-refractivity contribution in [1.29, 1.82) is 0 Å². The molecule has 2 N–H and O–H groups in total. The Balaban J connectivity index is 2.21. The van der Waals surface area contributed by atoms with Crippen molar-refractivity contribution in [2.45, 2.75) is 13.3 Å². The standard InChI is InChI=1S/C12H12Cl2N4O2/c1-2-5-19-11-16-10(15)17-12(18-11)20-9-4-3-7(13)6-8(9)14/h3-4,6H,2,5H2,1H3,(H2,15,16,17,18). The smallest absolute Gasteiger partial charge is 0.330 e. The molecular formula is C12H12Cl2N4O2. The number of aromatic nitrogens is 3. The van der Waals surface area contributed by atoms with E-state index in [2.05, 4.69) is 15.0 Å². The van der Waals surface area contributed by atoms with Gasteiger partial charge in [0, 0.05) is 5.02 Å². The van der Waals surface area contributed by atoms with Crippen molar-refractivity contribution in [3.63, 3.8) is 0 Å². The van der Waals surface area contributed by atoms with Crippen LogP contribution in [0.25, 0.3) is 0 Å². The second-order valence-corrected chi connectivity index (χ2v) is 4.63. The molecule has 0 amide bonds. The summed E-state index contributed by atoms with van der Waals surface area (Å²) in [5.41, 5.74) is 5.57. The molecule has 0 saturated heterocycles. The average molecular weight is 315 g/mol. The van der Waals surface area contributed by atoms with E-state index in [1.165, 1.54) is 0 Å². The Morgan fingerprint density at radius 3 is 2.60 bits per heavy atom. The van der Waals surface area contributed by atoms with E-state index in [4.69, 9.17) is 38.4 Å². The lowest BCUT2D eigenvalue weighted by atomic mass is 10.3. The summed E-state index contributed by atoms with van der Waals surface area (Å²) in [7, 11) is 0. The van der Waals surface area contributed by atoms with Gasteiger partial charge in [0.25, 0.3) is 0 Å². The number of nitrogen functional groups attached to an aromatic ring is 1. The fraction of sp³-hybridized carbons (Fsp3) is 0.250. The van der Waals surface area contributed by atoms with Gasteiger partial charge in [-0.2, -0.15) is 9.97 Å². The van der Waals surface area contributed by atoms with E-state index in [1.807, 2.05) is 6.92 Å². The van der Waals surface area contributed by atoms with Gasteiger partial charge >= 0.3 is 12.0 Å². The second kappa shape index (κ2) is 6.58. The van der Waals surface area contributed by atoms with Crippen LogP contribution in [0.3, 0.4) is 0 Å². The highest BCUT2D eigenvalue weighted by atomic mass is 35.5. The number of ether oxygens (including phenoxy) is 2. The molecule has 1 heterocycles. The van der Waals surface area contributed by atoms with Crippen LogP contribution in [0.15, 0.2) is 18.2 Å². The van der Waals surface area contributed by atoms with Crippen molar-refractivity contribution in [1.82, 2.24) is 15.0 Å². The third kappa shape index (κ3) is 3.85. The number of hydrogen-bond acceptors (Lipinski definition) is 6. The minimum absolute atomic E-state index is 0.00573. The highest BCUT2D eigenvalue weighted by Crippen LogP contribution is 2.30. The lowest BCUT2D eigenvalue weighted by Gasteiger charge is -2.08. The largest absolute Gasteiger partial charge is 0.463 e. The SMILES string of the molecule is CCCOc1nc(N)nc(Oc2ccc(Cl)cc2Cl)n1. The van der Waals surface area contributed by atoms with Gasteiger partial charge in [-0.05, 0) is 24.6 Å². The number of benzene rings is 1. The molecule has 0 aliphatic carbocycles. The monoisotopic (exact) mass is 314 g/mol. The van der Waals surface area contributed by atoms with Crippen molar-refractivity contribution in [2.24, 2.45) is 0 Å². The highest BCUT2D eigenvalue weighted by molar-refractivity contribution is 6.35. The summed E-state index contributed by atoms with van der Waals surface area (Å²) in [6.45, 7) is 2.44. The Morgan fingerprint density at radius 2 is 1.90 bits per heavy atom. The summed E-state index contributed by atoms with van der Waals surface area (Å²) < 4.78 is 10.7.